The summed E-state index contributed by atoms with van der Waals surface area (Å²) in [4.78, 5) is 12.2. The Morgan fingerprint density at radius 3 is 3.05 bits per heavy atom. The van der Waals surface area contributed by atoms with Gasteiger partial charge in [-0.15, -0.1) is 0 Å². The topological polar surface area (TPSA) is 46.9 Å². The van der Waals surface area contributed by atoms with Crippen molar-refractivity contribution in [1.29, 1.82) is 0 Å². The summed E-state index contributed by atoms with van der Waals surface area (Å²) in [6, 6.07) is 0.337. The van der Waals surface area contributed by atoms with Gasteiger partial charge in [-0.2, -0.15) is 16.9 Å². The fourth-order valence-electron chi connectivity index (χ4n) is 2.32. The van der Waals surface area contributed by atoms with Crippen LogP contribution in [-0.4, -0.2) is 39.7 Å². The molecule has 1 unspecified atom stereocenters. The van der Waals surface area contributed by atoms with Crippen molar-refractivity contribution < 1.29 is 4.79 Å². The zero-order valence-electron chi connectivity index (χ0n) is 11.4. The molecule has 1 atom stereocenters. The van der Waals surface area contributed by atoms with E-state index in [0.29, 0.717) is 18.9 Å². The Morgan fingerprint density at radius 1 is 1.63 bits per heavy atom. The molecule has 0 aliphatic carbocycles. The SMILES string of the molecule is CCn1nc(C)c(Br)c1CC(=O)CC1CSCCN1. The van der Waals surface area contributed by atoms with Gasteiger partial charge in [-0.3, -0.25) is 9.48 Å². The molecule has 19 heavy (non-hydrogen) atoms. The maximum atomic E-state index is 12.2. The number of carbonyl (C=O) groups excluding carboxylic acids is 1. The van der Waals surface area contributed by atoms with Crippen LogP contribution in [0.4, 0.5) is 0 Å². The van der Waals surface area contributed by atoms with E-state index in [1.165, 1.54) is 0 Å². The third kappa shape index (κ3) is 3.83. The third-order valence-corrected chi connectivity index (χ3v) is 5.45. The molecule has 1 N–H and O–H groups in total. The first kappa shape index (κ1) is 15.1. The smallest absolute Gasteiger partial charge is 0.140 e. The summed E-state index contributed by atoms with van der Waals surface area (Å²) < 4.78 is 2.90. The summed E-state index contributed by atoms with van der Waals surface area (Å²) in [5, 5.41) is 7.83. The molecule has 1 aromatic rings. The van der Waals surface area contributed by atoms with E-state index in [1.54, 1.807) is 0 Å². The Labute approximate surface area is 126 Å². The third-order valence-electron chi connectivity index (χ3n) is 3.29. The number of hydrogen-bond acceptors (Lipinski definition) is 4. The first-order valence-electron chi connectivity index (χ1n) is 6.66. The molecule has 0 bridgehead atoms. The summed E-state index contributed by atoms with van der Waals surface area (Å²) in [5.74, 6) is 2.48. The van der Waals surface area contributed by atoms with E-state index in [0.717, 1.165) is 40.5 Å². The minimum absolute atomic E-state index is 0.287. The fourth-order valence-corrected chi connectivity index (χ4v) is 3.70. The van der Waals surface area contributed by atoms with Gasteiger partial charge in [0.05, 0.1) is 15.9 Å². The standard InChI is InChI=1S/C13H20BrN3OS/c1-3-17-12(13(14)9(2)16-17)7-11(18)6-10-8-19-5-4-15-10/h10,15H,3-8H2,1-2H3. The van der Waals surface area contributed by atoms with Gasteiger partial charge in [0, 0.05) is 43.5 Å². The normalized spacial score (nSPS) is 19.6. The molecule has 2 heterocycles. The van der Waals surface area contributed by atoms with Gasteiger partial charge in [0.2, 0.25) is 0 Å². The van der Waals surface area contributed by atoms with Crippen LogP contribution in [0, 0.1) is 6.92 Å². The first-order valence-corrected chi connectivity index (χ1v) is 8.61. The number of halogens is 1. The van der Waals surface area contributed by atoms with Gasteiger partial charge in [-0.25, -0.2) is 0 Å². The van der Waals surface area contributed by atoms with Crippen LogP contribution in [0.5, 0.6) is 0 Å². The number of thioether (sulfide) groups is 1. The van der Waals surface area contributed by atoms with E-state index in [-0.39, 0.29) is 5.78 Å². The lowest BCUT2D eigenvalue weighted by atomic mass is 10.1. The van der Waals surface area contributed by atoms with E-state index in [9.17, 15) is 4.79 Å². The molecule has 2 rings (SSSR count). The Bertz CT molecular complexity index is 455. The van der Waals surface area contributed by atoms with E-state index in [2.05, 4.69) is 26.3 Å². The molecular weight excluding hydrogens is 326 g/mol. The Kier molecular flexibility index (Phi) is 5.47. The Morgan fingerprint density at radius 2 is 2.42 bits per heavy atom. The van der Waals surface area contributed by atoms with Crippen molar-refractivity contribution in [2.45, 2.75) is 39.3 Å². The summed E-state index contributed by atoms with van der Waals surface area (Å²) in [7, 11) is 0. The monoisotopic (exact) mass is 345 g/mol. The van der Waals surface area contributed by atoms with Crippen molar-refractivity contribution in [2.75, 3.05) is 18.1 Å². The summed E-state index contributed by atoms with van der Waals surface area (Å²) in [6.07, 6.45) is 1.09. The van der Waals surface area contributed by atoms with E-state index in [4.69, 9.17) is 0 Å². The molecule has 0 spiro atoms. The summed E-state index contributed by atoms with van der Waals surface area (Å²) >= 11 is 5.46. The van der Waals surface area contributed by atoms with Gasteiger partial charge in [-0.1, -0.05) is 0 Å². The second kappa shape index (κ2) is 6.90. The number of carbonyl (C=O) groups is 1. The molecule has 0 radical (unpaired) electrons. The van der Waals surface area contributed by atoms with Gasteiger partial charge in [-0.05, 0) is 29.8 Å². The minimum atomic E-state index is 0.287. The van der Waals surface area contributed by atoms with Crippen molar-refractivity contribution >= 4 is 33.5 Å². The molecule has 1 fully saturated rings. The first-order chi connectivity index (χ1) is 9.11. The Balaban J connectivity index is 1.98. The molecule has 1 saturated heterocycles. The lowest BCUT2D eigenvalue weighted by Crippen LogP contribution is -2.39. The lowest BCUT2D eigenvalue weighted by molar-refractivity contribution is -0.118. The van der Waals surface area contributed by atoms with Crippen LogP contribution in [0.1, 0.15) is 24.7 Å². The molecule has 1 aromatic heterocycles. The quantitative estimate of drug-likeness (QED) is 0.888. The average Bonchev–Trinajstić information content (AvgIpc) is 2.67. The minimum Gasteiger partial charge on any atom is -0.312 e. The molecule has 1 aliphatic rings. The fraction of sp³-hybridized carbons (Fsp3) is 0.692. The molecule has 0 saturated carbocycles. The number of aromatic nitrogens is 2. The highest BCUT2D eigenvalue weighted by Crippen LogP contribution is 2.22. The number of rotatable bonds is 5. The molecule has 0 amide bonds. The number of nitrogens with one attached hydrogen (secondary N) is 1. The predicted molar refractivity (Wildman–Crippen MR) is 82.8 cm³/mol. The Hall–Kier alpha value is -0.330. The van der Waals surface area contributed by atoms with Crippen molar-refractivity contribution in [3.63, 3.8) is 0 Å². The molecule has 4 nitrogen and oxygen atoms in total. The summed E-state index contributed by atoms with van der Waals surface area (Å²) in [5.41, 5.74) is 1.96. The van der Waals surface area contributed by atoms with Crippen LogP contribution < -0.4 is 5.32 Å². The number of nitrogens with zero attached hydrogens (tertiary/aromatic N) is 2. The highest BCUT2D eigenvalue weighted by molar-refractivity contribution is 9.10. The van der Waals surface area contributed by atoms with Crippen molar-refractivity contribution in [3.8, 4) is 0 Å². The zero-order chi connectivity index (χ0) is 13.8. The van der Waals surface area contributed by atoms with Crippen molar-refractivity contribution in [2.24, 2.45) is 0 Å². The molecule has 0 aromatic carbocycles. The van der Waals surface area contributed by atoms with Crippen LogP contribution in [0.3, 0.4) is 0 Å². The predicted octanol–water partition coefficient (Wildman–Crippen LogP) is 2.18. The number of Topliss-reactive ketones (excluding diaryl/α,β-unsaturated/α-hetero) is 1. The van der Waals surface area contributed by atoms with Gasteiger partial charge in [0.15, 0.2) is 0 Å². The highest BCUT2D eigenvalue weighted by Gasteiger charge is 2.20. The van der Waals surface area contributed by atoms with Crippen LogP contribution in [0.15, 0.2) is 4.47 Å². The second-order valence-corrected chi connectivity index (χ2v) is 6.75. The molecular formula is C13H20BrN3OS. The summed E-state index contributed by atoms with van der Waals surface area (Å²) in [6.45, 7) is 5.82. The number of hydrogen-bond donors (Lipinski definition) is 1. The maximum Gasteiger partial charge on any atom is 0.140 e. The van der Waals surface area contributed by atoms with Crippen molar-refractivity contribution in [1.82, 2.24) is 15.1 Å². The number of ketones is 1. The zero-order valence-corrected chi connectivity index (χ0v) is 13.8. The largest absolute Gasteiger partial charge is 0.312 e. The average molecular weight is 346 g/mol. The van der Waals surface area contributed by atoms with Gasteiger partial charge >= 0.3 is 0 Å². The van der Waals surface area contributed by atoms with Gasteiger partial charge < -0.3 is 5.32 Å². The highest BCUT2D eigenvalue weighted by atomic mass is 79.9. The van der Waals surface area contributed by atoms with Crippen LogP contribution in [0.25, 0.3) is 0 Å². The molecule has 6 heteroatoms. The van der Waals surface area contributed by atoms with Crippen molar-refractivity contribution in [3.05, 3.63) is 15.9 Å². The molecule has 106 valence electrons. The van der Waals surface area contributed by atoms with E-state index in [1.807, 2.05) is 30.3 Å². The van der Waals surface area contributed by atoms with E-state index >= 15 is 0 Å². The van der Waals surface area contributed by atoms with Gasteiger partial charge in [0.1, 0.15) is 5.78 Å². The van der Waals surface area contributed by atoms with Crippen LogP contribution in [0.2, 0.25) is 0 Å². The number of aryl methyl sites for hydroxylation is 2. The maximum absolute atomic E-state index is 12.2. The molecule has 1 aliphatic heterocycles. The second-order valence-electron chi connectivity index (χ2n) is 4.81. The lowest BCUT2D eigenvalue weighted by Gasteiger charge is -2.22. The van der Waals surface area contributed by atoms with Crippen LogP contribution in [-0.2, 0) is 17.8 Å². The van der Waals surface area contributed by atoms with Crippen LogP contribution >= 0.6 is 27.7 Å². The van der Waals surface area contributed by atoms with E-state index < -0.39 is 0 Å². The van der Waals surface area contributed by atoms with Gasteiger partial charge in [0.25, 0.3) is 0 Å².